The summed E-state index contributed by atoms with van der Waals surface area (Å²) in [7, 11) is -0.486. The molecule has 0 bridgehead atoms. The molecule has 0 radical (unpaired) electrons. The summed E-state index contributed by atoms with van der Waals surface area (Å²) < 4.78 is 13.9. The van der Waals surface area contributed by atoms with Crippen molar-refractivity contribution in [2.45, 2.75) is 52.4 Å². The zero-order valence-electron chi connectivity index (χ0n) is 20.6. The number of aromatic nitrogens is 2. The summed E-state index contributed by atoms with van der Waals surface area (Å²) >= 11 is 0. The van der Waals surface area contributed by atoms with Crippen molar-refractivity contribution in [1.82, 2.24) is 14.3 Å². The minimum atomic E-state index is -1.21. The molecule has 1 aliphatic rings. The Hall–Kier alpha value is -3.21. The lowest BCUT2D eigenvalue weighted by Crippen LogP contribution is -2.41. The Morgan fingerprint density at radius 2 is 1.86 bits per heavy atom. The summed E-state index contributed by atoms with van der Waals surface area (Å²) in [5, 5.41) is 18.4. The maximum absolute atomic E-state index is 13.0. The van der Waals surface area contributed by atoms with E-state index in [0.717, 1.165) is 27.1 Å². The fourth-order valence-electron chi connectivity index (χ4n) is 4.15. The molecule has 35 heavy (non-hydrogen) atoms. The van der Waals surface area contributed by atoms with Gasteiger partial charge in [-0.1, -0.05) is 18.2 Å². The number of nitrogens with zero attached hydrogens (tertiary/aromatic N) is 3. The van der Waals surface area contributed by atoms with Crippen LogP contribution >= 0.6 is 0 Å². The number of fused-ring (bicyclic) bond motifs is 1. The first-order valence-electron chi connectivity index (χ1n) is 11.5. The number of hydrogen-bond acceptors (Lipinski definition) is 6. The number of rotatable bonds is 6. The van der Waals surface area contributed by atoms with Gasteiger partial charge in [0.1, 0.15) is 5.65 Å². The van der Waals surface area contributed by atoms with E-state index in [9.17, 15) is 14.7 Å². The summed E-state index contributed by atoms with van der Waals surface area (Å²) in [5.41, 5.74) is 3.23. The second kappa shape index (κ2) is 9.11. The maximum atomic E-state index is 13.0. The lowest BCUT2D eigenvalue weighted by molar-refractivity contribution is 0.00578. The zero-order valence-corrected chi connectivity index (χ0v) is 20.6. The van der Waals surface area contributed by atoms with Crippen LogP contribution in [-0.2, 0) is 15.9 Å². The Bertz CT molecular complexity index is 1320. The molecule has 0 atom stereocenters. The molecule has 10 heteroatoms. The first kappa shape index (κ1) is 24.9. The van der Waals surface area contributed by atoms with Gasteiger partial charge in [-0.15, -0.1) is 0 Å². The first-order chi connectivity index (χ1) is 16.4. The van der Waals surface area contributed by atoms with Crippen molar-refractivity contribution in [1.29, 1.82) is 0 Å². The third kappa shape index (κ3) is 4.56. The molecule has 2 N–H and O–H groups in total. The number of hydrogen-bond donors (Lipinski definition) is 2. The predicted octanol–water partition coefficient (Wildman–Crippen LogP) is 2.44. The highest BCUT2D eigenvalue weighted by atomic mass is 16.7. The van der Waals surface area contributed by atoms with E-state index in [-0.39, 0.29) is 30.8 Å². The molecule has 1 aliphatic heterocycles. The van der Waals surface area contributed by atoms with E-state index in [1.54, 1.807) is 6.20 Å². The number of aliphatic hydroxyl groups excluding tert-OH is 1. The molecular weight excluding hydrogens is 449 g/mol. The summed E-state index contributed by atoms with van der Waals surface area (Å²) in [4.78, 5) is 29.7. The first-order valence-corrected chi connectivity index (χ1v) is 11.5. The van der Waals surface area contributed by atoms with E-state index in [4.69, 9.17) is 14.4 Å². The molecule has 0 unspecified atom stereocenters. The highest BCUT2D eigenvalue weighted by Gasteiger charge is 2.52. The second-order valence-electron chi connectivity index (χ2n) is 9.77. The molecule has 2 aromatic heterocycles. The second-order valence-corrected chi connectivity index (χ2v) is 9.77. The molecule has 0 aliphatic carbocycles. The number of carboxylic acid groups (broad SMARTS) is 1. The van der Waals surface area contributed by atoms with Gasteiger partial charge in [0.2, 0.25) is 0 Å². The van der Waals surface area contributed by atoms with Gasteiger partial charge in [0.05, 0.1) is 29.9 Å². The number of amides is 1. The standard InChI is InChI=1S/C25H30BN3O6/c1-16-19(7-6-8-20(16)26-34-24(2,3)25(4,5)35-26)17-9-10-29-21(13-17)27-14-18(22(29)31)15-28(11-12-30)23(32)33/h6-10,13-14,30H,11-12,15H2,1-5H3,(H,32,33). The van der Waals surface area contributed by atoms with Crippen molar-refractivity contribution in [3.8, 4) is 11.1 Å². The van der Waals surface area contributed by atoms with Gasteiger partial charge in [-0.3, -0.25) is 9.20 Å². The average molecular weight is 479 g/mol. The molecule has 3 heterocycles. The van der Waals surface area contributed by atoms with Gasteiger partial charge in [-0.25, -0.2) is 9.78 Å². The summed E-state index contributed by atoms with van der Waals surface area (Å²) in [5.74, 6) is 0. The van der Waals surface area contributed by atoms with E-state index in [0.29, 0.717) is 5.65 Å². The number of pyridine rings is 1. The molecule has 1 saturated heterocycles. The van der Waals surface area contributed by atoms with E-state index >= 15 is 0 Å². The minimum absolute atomic E-state index is 0.0885. The Morgan fingerprint density at radius 3 is 2.49 bits per heavy atom. The largest absolute Gasteiger partial charge is 0.495 e. The molecular formula is C25H30BN3O6. The normalized spacial score (nSPS) is 16.6. The Kier molecular flexibility index (Phi) is 6.48. The van der Waals surface area contributed by atoms with E-state index in [1.165, 1.54) is 10.6 Å². The third-order valence-electron chi connectivity index (χ3n) is 6.98. The van der Waals surface area contributed by atoms with Gasteiger partial charge < -0.3 is 24.4 Å². The van der Waals surface area contributed by atoms with Crippen LogP contribution in [0.25, 0.3) is 16.8 Å². The van der Waals surface area contributed by atoms with Crippen molar-refractivity contribution in [2.75, 3.05) is 13.2 Å². The number of aliphatic hydroxyl groups is 1. The summed E-state index contributed by atoms with van der Waals surface area (Å²) in [6.45, 7) is 9.53. The highest BCUT2D eigenvalue weighted by molar-refractivity contribution is 6.62. The van der Waals surface area contributed by atoms with Crippen molar-refractivity contribution >= 4 is 24.3 Å². The Balaban J connectivity index is 1.68. The van der Waals surface area contributed by atoms with Gasteiger partial charge in [0, 0.05) is 18.9 Å². The van der Waals surface area contributed by atoms with Crippen LogP contribution in [0.3, 0.4) is 0 Å². The van der Waals surface area contributed by atoms with Gasteiger partial charge in [-0.2, -0.15) is 0 Å². The SMILES string of the molecule is Cc1c(B2OC(C)(C)C(C)(C)O2)cccc1-c1ccn2c(=O)c(CN(CCO)C(=O)O)cnc2c1. The van der Waals surface area contributed by atoms with Crippen LogP contribution in [0, 0.1) is 6.92 Å². The van der Waals surface area contributed by atoms with Crippen LogP contribution < -0.4 is 11.0 Å². The molecule has 1 fully saturated rings. The van der Waals surface area contributed by atoms with E-state index < -0.39 is 24.4 Å². The minimum Gasteiger partial charge on any atom is -0.465 e. The topological polar surface area (TPSA) is 114 Å². The molecule has 0 saturated carbocycles. The molecule has 3 aromatic rings. The van der Waals surface area contributed by atoms with Crippen LogP contribution in [-0.4, -0.2) is 62.1 Å². The zero-order chi connectivity index (χ0) is 25.5. The fourth-order valence-corrected chi connectivity index (χ4v) is 4.15. The highest BCUT2D eigenvalue weighted by Crippen LogP contribution is 2.37. The van der Waals surface area contributed by atoms with Gasteiger partial charge in [0.15, 0.2) is 0 Å². The fraction of sp³-hybridized carbons (Fsp3) is 0.400. The molecule has 1 amide bonds. The number of benzene rings is 1. The molecule has 4 rings (SSSR count). The smallest absolute Gasteiger partial charge is 0.465 e. The van der Waals surface area contributed by atoms with Crippen molar-refractivity contribution in [3.05, 3.63) is 64.2 Å². The molecule has 9 nitrogen and oxygen atoms in total. The van der Waals surface area contributed by atoms with Crippen LogP contribution in [0.1, 0.15) is 38.8 Å². The molecule has 1 aromatic carbocycles. The van der Waals surface area contributed by atoms with Crippen molar-refractivity contribution in [3.63, 3.8) is 0 Å². The van der Waals surface area contributed by atoms with Crippen molar-refractivity contribution in [2.24, 2.45) is 0 Å². The monoisotopic (exact) mass is 479 g/mol. The molecule has 0 spiro atoms. The van der Waals surface area contributed by atoms with Gasteiger partial charge in [0.25, 0.3) is 5.56 Å². The van der Waals surface area contributed by atoms with E-state index in [1.807, 2.05) is 65.0 Å². The average Bonchev–Trinajstić information content (AvgIpc) is 3.01. The summed E-state index contributed by atoms with van der Waals surface area (Å²) in [6, 6.07) is 9.61. The van der Waals surface area contributed by atoms with Crippen LogP contribution in [0.5, 0.6) is 0 Å². The lowest BCUT2D eigenvalue weighted by Gasteiger charge is -2.32. The predicted molar refractivity (Wildman–Crippen MR) is 133 cm³/mol. The maximum Gasteiger partial charge on any atom is 0.495 e. The Morgan fingerprint density at radius 1 is 1.17 bits per heavy atom. The third-order valence-corrected chi connectivity index (χ3v) is 6.98. The van der Waals surface area contributed by atoms with Crippen LogP contribution in [0.4, 0.5) is 4.79 Å². The van der Waals surface area contributed by atoms with Crippen molar-refractivity contribution < 1.29 is 24.3 Å². The van der Waals surface area contributed by atoms with Gasteiger partial charge >= 0.3 is 13.2 Å². The van der Waals surface area contributed by atoms with Crippen LogP contribution in [0.2, 0.25) is 0 Å². The van der Waals surface area contributed by atoms with Crippen LogP contribution in [0.15, 0.2) is 47.5 Å². The Labute approximate surface area is 204 Å². The quantitative estimate of drug-likeness (QED) is 0.522. The lowest BCUT2D eigenvalue weighted by atomic mass is 9.74. The molecule has 184 valence electrons. The van der Waals surface area contributed by atoms with Gasteiger partial charge in [-0.05, 0) is 68.9 Å². The summed E-state index contributed by atoms with van der Waals surface area (Å²) in [6.07, 6.45) is 1.82. The number of carbonyl (C=O) groups is 1. The van der Waals surface area contributed by atoms with E-state index in [2.05, 4.69) is 4.98 Å².